The number of halogens is 3. The van der Waals surface area contributed by atoms with Crippen LogP contribution >= 0.6 is 34.8 Å². The molecule has 1 aromatic heterocycles. The fourth-order valence-electron chi connectivity index (χ4n) is 1.15. The lowest BCUT2D eigenvalue weighted by Gasteiger charge is -1.94. The standard InChI is InChI=1S/C12H9ClN2.FI/c13-10-4-3-6-11(8-10)15-9-12-5-1-2-7-14-12;1-2/h1-9H;. The predicted molar refractivity (Wildman–Crippen MR) is 78.1 cm³/mol. The van der Waals surface area contributed by atoms with E-state index in [0.29, 0.717) is 28.2 Å². The van der Waals surface area contributed by atoms with Crippen molar-refractivity contribution in [2.75, 3.05) is 0 Å². The van der Waals surface area contributed by atoms with E-state index in [1.165, 1.54) is 0 Å². The van der Waals surface area contributed by atoms with Crippen LogP contribution < -0.4 is 0 Å². The van der Waals surface area contributed by atoms with Crippen LogP contribution in [0.15, 0.2) is 53.7 Å². The molecule has 5 heteroatoms. The lowest BCUT2D eigenvalue weighted by molar-refractivity contribution is 1.03. The summed E-state index contributed by atoms with van der Waals surface area (Å²) < 4.78 is 9.47. The lowest BCUT2D eigenvalue weighted by Crippen LogP contribution is -1.83. The first kappa shape index (κ1) is 14.1. The van der Waals surface area contributed by atoms with Crippen molar-refractivity contribution in [1.82, 2.24) is 4.98 Å². The van der Waals surface area contributed by atoms with Gasteiger partial charge in [-0.3, -0.25) is 9.98 Å². The van der Waals surface area contributed by atoms with Crippen molar-refractivity contribution >= 4 is 46.7 Å². The highest BCUT2D eigenvalue weighted by Gasteiger charge is 1.90. The van der Waals surface area contributed by atoms with Crippen LogP contribution in [0.25, 0.3) is 0 Å². The number of rotatable bonds is 2. The van der Waals surface area contributed by atoms with Crippen molar-refractivity contribution in [2.45, 2.75) is 0 Å². The third-order valence-electron chi connectivity index (χ3n) is 1.84. The van der Waals surface area contributed by atoms with Gasteiger partial charge < -0.3 is 0 Å². The van der Waals surface area contributed by atoms with Crippen molar-refractivity contribution in [3.63, 3.8) is 0 Å². The number of hydrogen-bond acceptors (Lipinski definition) is 2. The molecule has 0 saturated carbocycles. The van der Waals surface area contributed by atoms with E-state index in [2.05, 4.69) is 9.98 Å². The molecule has 0 radical (unpaired) electrons. The summed E-state index contributed by atoms with van der Waals surface area (Å²) in [6, 6.07) is 13.1. The maximum atomic E-state index is 9.47. The minimum absolute atomic E-state index is 0.650. The molecule has 88 valence electrons. The van der Waals surface area contributed by atoms with Gasteiger partial charge in [-0.15, -0.1) is 0 Å². The number of hydrogen-bond donors (Lipinski definition) is 0. The van der Waals surface area contributed by atoms with Gasteiger partial charge in [-0.05, 0) is 30.3 Å². The Morgan fingerprint density at radius 3 is 2.65 bits per heavy atom. The molecule has 2 aromatic rings. The molecule has 2 nitrogen and oxygen atoms in total. The predicted octanol–water partition coefficient (Wildman–Crippen LogP) is 4.79. The normalized spacial score (nSPS) is 9.82. The molecule has 2 rings (SSSR count). The summed E-state index contributed by atoms with van der Waals surface area (Å²) in [4.78, 5) is 8.40. The van der Waals surface area contributed by atoms with Crippen LogP contribution in [0.1, 0.15) is 5.69 Å². The second-order valence-electron chi connectivity index (χ2n) is 2.99. The average molecular weight is 363 g/mol. The maximum Gasteiger partial charge on any atom is 0.171 e. The summed E-state index contributed by atoms with van der Waals surface area (Å²) in [6.45, 7) is 0. The number of nitrogens with zero attached hydrogens (tertiary/aromatic N) is 2. The second kappa shape index (κ2) is 8.14. The fraction of sp³-hybridized carbons (Fsp3) is 0. The van der Waals surface area contributed by atoms with E-state index in [1.807, 2.05) is 36.4 Å². The Morgan fingerprint density at radius 2 is 2.00 bits per heavy atom. The quantitative estimate of drug-likeness (QED) is 0.557. The topological polar surface area (TPSA) is 25.2 Å². The van der Waals surface area contributed by atoms with Gasteiger partial charge in [-0.25, -0.2) is 0 Å². The monoisotopic (exact) mass is 362 g/mol. The first-order valence-electron chi connectivity index (χ1n) is 4.69. The molecular formula is C12H9ClFIN2. The fourth-order valence-corrected chi connectivity index (χ4v) is 1.33. The lowest BCUT2D eigenvalue weighted by atomic mass is 10.3. The smallest absolute Gasteiger partial charge is 0.171 e. The third-order valence-corrected chi connectivity index (χ3v) is 2.08. The van der Waals surface area contributed by atoms with Gasteiger partial charge in [0.15, 0.2) is 23.2 Å². The molecule has 0 spiro atoms. The summed E-state index contributed by atoms with van der Waals surface area (Å²) in [5.74, 6) is 0. The molecule has 0 bridgehead atoms. The summed E-state index contributed by atoms with van der Waals surface area (Å²) in [5.41, 5.74) is 1.66. The Bertz CT molecular complexity index is 477. The van der Waals surface area contributed by atoms with Crippen LogP contribution in [-0.2, 0) is 0 Å². The van der Waals surface area contributed by atoms with Crippen LogP contribution in [0.3, 0.4) is 0 Å². The summed E-state index contributed by atoms with van der Waals surface area (Å²) in [6.07, 6.45) is 3.45. The Morgan fingerprint density at radius 1 is 1.18 bits per heavy atom. The molecule has 0 fully saturated rings. The second-order valence-corrected chi connectivity index (χ2v) is 3.43. The van der Waals surface area contributed by atoms with Crippen molar-refractivity contribution in [3.8, 4) is 0 Å². The van der Waals surface area contributed by atoms with E-state index in [-0.39, 0.29) is 0 Å². The van der Waals surface area contributed by atoms with Crippen LogP contribution in [0.5, 0.6) is 0 Å². The van der Waals surface area contributed by atoms with E-state index < -0.39 is 0 Å². The molecule has 0 saturated heterocycles. The number of pyridine rings is 1. The largest absolute Gasteiger partial charge is 0.255 e. The number of benzene rings is 1. The molecular weight excluding hydrogens is 354 g/mol. The summed E-state index contributed by atoms with van der Waals surface area (Å²) in [7, 11) is 0. The Kier molecular flexibility index (Phi) is 6.73. The van der Waals surface area contributed by atoms with Crippen molar-refractivity contribution in [2.24, 2.45) is 4.99 Å². The third kappa shape index (κ3) is 5.23. The molecule has 0 amide bonds. The van der Waals surface area contributed by atoms with Crippen LogP contribution in [0.2, 0.25) is 5.02 Å². The molecule has 0 aliphatic heterocycles. The van der Waals surface area contributed by atoms with E-state index in [9.17, 15) is 2.86 Å². The van der Waals surface area contributed by atoms with E-state index in [1.54, 1.807) is 18.5 Å². The molecule has 17 heavy (non-hydrogen) atoms. The van der Waals surface area contributed by atoms with Gasteiger partial charge in [0.25, 0.3) is 0 Å². The molecule has 0 aliphatic rings. The molecule has 0 unspecified atom stereocenters. The Hall–Kier alpha value is -1.01. The van der Waals surface area contributed by atoms with E-state index in [0.717, 1.165) is 11.4 Å². The summed E-state index contributed by atoms with van der Waals surface area (Å²) >= 11 is 6.49. The van der Waals surface area contributed by atoms with Gasteiger partial charge in [0.05, 0.1) is 17.6 Å². The highest BCUT2D eigenvalue weighted by atomic mass is 127. The maximum absolute atomic E-state index is 9.47. The zero-order valence-corrected chi connectivity index (χ0v) is 11.6. The number of aliphatic imine (C=N–C) groups is 1. The van der Waals surface area contributed by atoms with Gasteiger partial charge in [0.2, 0.25) is 0 Å². The first-order valence-corrected chi connectivity index (χ1v) is 5.89. The van der Waals surface area contributed by atoms with Gasteiger partial charge in [-0.2, -0.15) is 2.86 Å². The van der Waals surface area contributed by atoms with Crippen molar-refractivity contribution in [1.29, 1.82) is 0 Å². The van der Waals surface area contributed by atoms with E-state index >= 15 is 0 Å². The Labute approximate surface area is 118 Å². The van der Waals surface area contributed by atoms with E-state index in [4.69, 9.17) is 11.6 Å². The summed E-state index contributed by atoms with van der Waals surface area (Å²) in [5, 5.41) is 0.686. The van der Waals surface area contributed by atoms with Crippen LogP contribution in [-0.4, -0.2) is 11.2 Å². The van der Waals surface area contributed by atoms with Crippen molar-refractivity contribution in [3.05, 3.63) is 59.4 Å². The highest BCUT2D eigenvalue weighted by molar-refractivity contribution is 14.1. The average Bonchev–Trinajstić information content (AvgIpc) is 2.40. The molecule has 0 aliphatic carbocycles. The Balaban J connectivity index is 0.000000686. The van der Waals surface area contributed by atoms with Gasteiger partial charge in [-0.1, -0.05) is 23.7 Å². The van der Waals surface area contributed by atoms with Crippen LogP contribution in [0.4, 0.5) is 8.55 Å². The minimum Gasteiger partial charge on any atom is -0.255 e. The zero-order valence-electron chi connectivity index (χ0n) is 8.72. The van der Waals surface area contributed by atoms with Gasteiger partial charge >= 0.3 is 0 Å². The molecule has 0 N–H and O–H groups in total. The number of aromatic nitrogens is 1. The zero-order chi connectivity index (χ0) is 12.5. The molecule has 1 aromatic carbocycles. The van der Waals surface area contributed by atoms with Crippen LogP contribution in [0, 0.1) is 0 Å². The van der Waals surface area contributed by atoms with Gasteiger partial charge in [0, 0.05) is 11.2 Å². The first-order chi connectivity index (χ1) is 8.34. The highest BCUT2D eigenvalue weighted by Crippen LogP contribution is 2.17. The van der Waals surface area contributed by atoms with Gasteiger partial charge in [0.1, 0.15) is 0 Å². The minimum atomic E-state index is 0.650. The van der Waals surface area contributed by atoms with Crippen molar-refractivity contribution < 1.29 is 2.86 Å². The molecule has 0 atom stereocenters. The molecule has 1 heterocycles. The SMILES string of the molecule is Clc1cccc(N=Cc2ccccn2)c1.FI.